The largest absolute Gasteiger partial charge is 0.480 e. The average molecular weight is 228 g/mol. The lowest BCUT2D eigenvalue weighted by Crippen LogP contribution is -2.56. The van der Waals surface area contributed by atoms with Crippen molar-refractivity contribution in [3.05, 3.63) is 0 Å². The van der Waals surface area contributed by atoms with Crippen LogP contribution in [0, 0.1) is 0 Å². The monoisotopic (exact) mass is 228 g/mol. The minimum absolute atomic E-state index is 0.372. The number of likely N-dealkylation sites (N-methyl/N-ethyl adjacent to an activating group) is 1. The van der Waals surface area contributed by atoms with Crippen molar-refractivity contribution < 1.29 is 9.90 Å². The molecule has 2 atom stereocenters. The Kier molecular flexibility index (Phi) is 3.97. The molecular formula is C12H24N2O2. The fourth-order valence-electron chi connectivity index (χ4n) is 2.22. The van der Waals surface area contributed by atoms with E-state index in [2.05, 4.69) is 18.9 Å². The summed E-state index contributed by atoms with van der Waals surface area (Å²) in [5, 5.41) is 9.21. The highest BCUT2D eigenvalue weighted by atomic mass is 16.4. The molecule has 94 valence electrons. The summed E-state index contributed by atoms with van der Waals surface area (Å²) in [4.78, 5) is 15.5. The van der Waals surface area contributed by atoms with Crippen molar-refractivity contribution in [3.63, 3.8) is 0 Å². The maximum Gasteiger partial charge on any atom is 0.323 e. The van der Waals surface area contributed by atoms with Crippen LogP contribution in [0.25, 0.3) is 0 Å². The van der Waals surface area contributed by atoms with Crippen LogP contribution in [-0.2, 0) is 4.79 Å². The minimum atomic E-state index is -0.777. The number of hydrogen-bond donors (Lipinski definition) is 1. The summed E-state index contributed by atoms with van der Waals surface area (Å²) in [5.41, 5.74) is -0.777. The van der Waals surface area contributed by atoms with Gasteiger partial charge in [-0.05, 0) is 54.3 Å². The van der Waals surface area contributed by atoms with E-state index in [0.29, 0.717) is 12.1 Å². The third-order valence-corrected chi connectivity index (χ3v) is 4.13. The van der Waals surface area contributed by atoms with Crippen LogP contribution in [0.15, 0.2) is 0 Å². The number of carboxylic acids is 1. The van der Waals surface area contributed by atoms with Gasteiger partial charge in [0.15, 0.2) is 0 Å². The highest BCUT2D eigenvalue weighted by molar-refractivity contribution is 5.77. The molecule has 0 aliphatic carbocycles. The van der Waals surface area contributed by atoms with Gasteiger partial charge in [-0.1, -0.05) is 0 Å². The van der Waals surface area contributed by atoms with Crippen molar-refractivity contribution in [2.24, 2.45) is 0 Å². The summed E-state index contributed by atoms with van der Waals surface area (Å²) >= 11 is 0. The first kappa shape index (κ1) is 13.5. The summed E-state index contributed by atoms with van der Waals surface area (Å²) in [6.45, 7) is 6.80. The van der Waals surface area contributed by atoms with E-state index in [1.54, 1.807) is 13.8 Å². The highest BCUT2D eigenvalue weighted by Crippen LogP contribution is 2.25. The van der Waals surface area contributed by atoms with Crippen LogP contribution in [0.1, 0.15) is 33.6 Å². The van der Waals surface area contributed by atoms with E-state index in [-0.39, 0.29) is 0 Å². The molecule has 1 aliphatic rings. The van der Waals surface area contributed by atoms with Crippen molar-refractivity contribution in [1.82, 2.24) is 9.80 Å². The van der Waals surface area contributed by atoms with Gasteiger partial charge in [0.25, 0.3) is 0 Å². The van der Waals surface area contributed by atoms with Gasteiger partial charge in [0.05, 0.1) is 0 Å². The second-order valence-electron chi connectivity index (χ2n) is 5.48. The highest BCUT2D eigenvalue weighted by Gasteiger charge is 2.38. The molecule has 0 aromatic heterocycles. The normalized spacial score (nSPS) is 28.4. The van der Waals surface area contributed by atoms with Crippen LogP contribution in [0.4, 0.5) is 0 Å². The molecule has 0 saturated carbocycles. The minimum Gasteiger partial charge on any atom is -0.480 e. The average Bonchev–Trinajstić information content (AvgIpc) is 2.20. The van der Waals surface area contributed by atoms with Crippen molar-refractivity contribution >= 4 is 5.97 Å². The quantitative estimate of drug-likeness (QED) is 0.790. The zero-order chi connectivity index (χ0) is 12.5. The molecule has 2 unspecified atom stereocenters. The molecule has 4 heteroatoms. The number of likely N-dealkylation sites (tertiary alicyclic amines) is 1. The van der Waals surface area contributed by atoms with Gasteiger partial charge in [-0.3, -0.25) is 9.69 Å². The molecule has 0 aromatic rings. The fraction of sp³-hybridized carbons (Fsp3) is 0.917. The van der Waals surface area contributed by atoms with Gasteiger partial charge in [0.1, 0.15) is 5.54 Å². The van der Waals surface area contributed by atoms with Gasteiger partial charge in [0.2, 0.25) is 0 Å². The number of aliphatic carboxylic acids is 1. The Hall–Kier alpha value is -0.610. The van der Waals surface area contributed by atoms with E-state index < -0.39 is 11.5 Å². The fourth-order valence-corrected chi connectivity index (χ4v) is 2.22. The smallest absolute Gasteiger partial charge is 0.323 e. The molecular weight excluding hydrogens is 204 g/mol. The number of carbonyl (C=O) groups is 1. The van der Waals surface area contributed by atoms with E-state index in [9.17, 15) is 9.90 Å². The third kappa shape index (κ3) is 2.55. The van der Waals surface area contributed by atoms with Crippen molar-refractivity contribution in [2.45, 2.75) is 51.2 Å². The van der Waals surface area contributed by atoms with Crippen molar-refractivity contribution in [2.75, 3.05) is 20.6 Å². The summed E-state index contributed by atoms with van der Waals surface area (Å²) in [5.74, 6) is -0.749. The second kappa shape index (κ2) is 4.72. The summed E-state index contributed by atoms with van der Waals surface area (Å²) in [6, 6.07) is 0.906. The Morgan fingerprint density at radius 3 is 2.50 bits per heavy atom. The van der Waals surface area contributed by atoms with Crippen LogP contribution < -0.4 is 0 Å². The first-order chi connectivity index (χ1) is 7.26. The molecule has 0 amide bonds. The van der Waals surface area contributed by atoms with Crippen LogP contribution in [0.5, 0.6) is 0 Å². The van der Waals surface area contributed by atoms with Crippen LogP contribution in [-0.4, -0.2) is 59.1 Å². The first-order valence-corrected chi connectivity index (χ1v) is 5.93. The molecule has 1 aliphatic heterocycles. The number of hydrogen-bond acceptors (Lipinski definition) is 3. The van der Waals surface area contributed by atoms with E-state index in [1.165, 1.54) is 0 Å². The zero-order valence-electron chi connectivity index (χ0n) is 11.0. The Morgan fingerprint density at radius 2 is 2.06 bits per heavy atom. The van der Waals surface area contributed by atoms with Gasteiger partial charge in [-0.15, -0.1) is 0 Å². The molecule has 1 N–H and O–H groups in total. The number of rotatable bonds is 3. The van der Waals surface area contributed by atoms with E-state index >= 15 is 0 Å². The van der Waals surface area contributed by atoms with E-state index in [4.69, 9.17) is 0 Å². The molecule has 0 aromatic carbocycles. The molecule has 0 radical (unpaired) electrons. The topological polar surface area (TPSA) is 43.8 Å². The third-order valence-electron chi connectivity index (χ3n) is 4.13. The van der Waals surface area contributed by atoms with Crippen LogP contribution in [0.3, 0.4) is 0 Å². The Morgan fingerprint density at radius 1 is 1.50 bits per heavy atom. The summed E-state index contributed by atoms with van der Waals surface area (Å²) in [7, 11) is 4.06. The molecule has 4 nitrogen and oxygen atoms in total. The molecule has 16 heavy (non-hydrogen) atoms. The molecule has 0 spiro atoms. The van der Waals surface area contributed by atoms with E-state index in [1.807, 2.05) is 11.9 Å². The molecule has 1 saturated heterocycles. The molecule has 1 rings (SSSR count). The van der Waals surface area contributed by atoms with Crippen LogP contribution in [0.2, 0.25) is 0 Å². The first-order valence-electron chi connectivity index (χ1n) is 5.93. The van der Waals surface area contributed by atoms with Gasteiger partial charge < -0.3 is 10.0 Å². The van der Waals surface area contributed by atoms with Crippen molar-refractivity contribution in [3.8, 4) is 0 Å². The lowest BCUT2D eigenvalue weighted by molar-refractivity contribution is -0.150. The van der Waals surface area contributed by atoms with Gasteiger partial charge >= 0.3 is 5.97 Å². The number of piperidine rings is 1. The van der Waals surface area contributed by atoms with Gasteiger partial charge in [0, 0.05) is 12.1 Å². The maximum absolute atomic E-state index is 11.2. The number of carboxylic acid groups (broad SMARTS) is 1. The SMILES string of the molecule is CC1CC(N(C)C(C)(C)C(=O)O)CCN1C. The lowest BCUT2D eigenvalue weighted by atomic mass is 9.93. The van der Waals surface area contributed by atoms with Crippen LogP contribution >= 0.6 is 0 Å². The molecule has 0 bridgehead atoms. The Balaban J connectivity index is 2.68. The zero-order valence-corrected chi connectivity index (χ0v) is 11.0. The van der Waals surface area contributed by atoms with Gasteiger partial charge in [-0.25, -0.2) is 0 Å². The van der Waals surface area contributed by atoms with Gasteiger partial charge in [-0.2, -0.15) is 0 Å². The Bertz CT molecular complexity index is 266. The lowest BCUT2D eigenvalue weighted by Gasteiger charge is -2.44. The van der Waals surface area contributed by atoms with Crippen molar-refractivity contribution in [1.29, 1.82) is 0 Å². The molecule has 1 heterocycles. The maximum atomic E-state index is 11.2. The predicted octanol–water partition coefficient (Wildman–Crippen LogP) is 1.26. The standard InChI is InChI=1S/C12H24N2O2/c1-9-8-10(6-7-13(9)4)14(5)12(2,3)11(15)16/h9-10H,6-8H2,1-5H3,(H,15,16). The summed E-state index contributed by atoms with van der Waals surface area (Å²) < 4.78 is 0. The Labute approximate surface area is 98.2 Å². The summed E-state index contributed by atoms with van der Waals surface area (Å²) in [6.07, 6.45) is 2.09. The second-order valence-corrected chi connectivity index (χ2v) is 5.48. The number of nitrogens with zero attached hydrogens (tertiary/aromatic N) is 2. The molecule has 1 fully saturated rings. The predicted molar refractivity (Wildman–Crippen MR) is 64.6 cm³/mol. The van der Waals surface area contributed by atoms with E-state index in [0.717, 1.165) is 19.4 Å².